The van der Waals surface area contributed by atoms with Crippen LogP contribution in [0.5, 0.6) is 40.2 Å². The number of rotatable bonds is 11. The summed E-state index contributed by atoms with van der Waals surface area (Å²) in [7, 11) is 5.81. The SMILES string of the molecule is CN[C@H](CC(C)C)C(=O)N[C@H]1C(=O)C[C@@H](CC(N)=O)C(=O)N[C@H]2C(=S)C[C@@H]3C(=O)N[C@H](C(=O)N[C@H](CO)c4cc(C)cc(OC)c4-c4cc3ccc4OC)[C@H](O)c3ccc(c(Cl)c3)Oc3cc2cc(c3OC)Oc2ccc(cc2Cl)[C@H]1O. The molecule has 23 heteroatoms. The first-order valence-corrected chi connectivity index (χ1v) is 27.5. The maximum absolute atomic E-state index is 15.4. The molecule has 5 aliphatic heterocycles. The van der Waals surface area contributed by atoms with E-state index in [9.17, 15) is 34.5 Å². The molecule has 5 amide bonds. The lowest BCUT2D eigenvalue weighted by atomic mass is 9.84. The monoisotopic (exact) mass is 1180 g/mol. The number of halogens is 2. The Kier molecular flexibility index (Phi) is 19.1. The molecule has 11 bridgehead atoms. The van der Waals surface area contributed by atoms with Crippen molar-refractivity contribution in [3.05, 3.63) is 122 Å². The third-order valence-electron chi connectivity index (χ3n) is 14.7. The van der Waals surface area contributed by atoms with Crippen LogP contribution in [0.4, 0.5) is 0 Å². The molecule has 5 heterocycles. The fraction of sp³-hybridized carbons (Fsp3) is 0.373. The van der Waals surface area contributed by atoms with Gasteiger partial charge in [-0.2, -0.15) is 0 Å². The van der Waals surface area contributed by atoms with Gasteiger partial charge in [0.15, 0.2) is 17.3 Å². The van der Waals surface area contributed by atoms with Crippen molar-refractivity contribution in [2.45, 2.75) is 94.8 Å². The molecule has 0 fully saturated rings. The number of hydrogen-bond acceptors (Lipinski definition) is 16. The largest absolute Gasteiger partial charge is 0.496 e. The minimum absolute atomic E-state index is 0.00544. The maximum atomic E-state index is 15.4. The standard InChI is InChI=1S/C59H64Cl2N6O14S/c1-26(2)14-38(63-4)58(75)66-51-40(69)20-32(23-48(62)70)56(73)65-50-31-21-45(80-42-12-9-29(53(51)71)18-36(42)60)55(79-7)46(22-31)81-43-13-10-30(19-37(43)61)54(72)52-59(76)64-39(25-68)34-15-27(3)16-44(78-6)49(34)35-17-28(8-11-41(35)77-5)33(24-47(50)82)57(74)67-52/h8-13,15-19,21-22,26,32-33,38-39,50-54,63,68,71-72H,14,20,23-25H2,1-7H3,(H2,62,70)(H,64,76)(H,65,73)(H,66,75)(H,67,74)/t32-,33-,38+,39+,50+,51-,52-,53+,54+/m0/s1. The Morgan fingerprint density at radius 2 is 1.38 bits per heavy atom. The van der Waals surface area contributed by atoms with Crippen LogP contribution in [0, 0.1) is 18.8 Å². The van der Waals surface area contributed by atoms with Crippen molar-refractivity contribution in [2.75, 3.05) is 35.0 Å². The van der Waals surface area contributed by atoms with Gasteiger partial charge in [-0.3, -0.25) is 28.8 Å². The number of Topliss-reactive ketones (excluding diaryl/α,β-unsaturated/α-hetero) is 1. The highest BCUT2D eigenvalue weighted by Crippen LogP contribution is 2.49. The van der Waals surface area contributed by atoms with E-state index in [1.165, 1.54) is 69.9 Å². The van der Waals surface area contributed by atoms with Gasteiger partial charge in [-0.1, -0.05) is 73.5 Å². The zero-order chi connectivity index (χ0) is 59.4. The third kappa shape index (κ3) is 13.0. The van der Waals surface area contributed by atoms with Crippen LogP contribution in [0.3, 0.4) is 0 Å². The minimum Gasteiger partial charge on any atom is -0.496 e. The summed E-state index contributed by atoms with van der Waals surface area (Å²) >= 11 is 20.3. The summed E-state index contributed by atoms with van der Waals surface area (Å²) in [6, 6.07) is 12.9. The quantitative estimate of drug-likeness (QED) is 0.0630. The molecule has 82 heavy (non-hydrogen) atoms. The molecule has 9 atom stereocenters. The molecular weight excluding hydrogens is 1120 g/mol. The van der Waals surface area contributed by atoms with Crippen LogP contribution in [-0.2, 0) is 28.8 Å². The molecule has 20 nitrogen and oxygen atoms in total. The van der Waals surface area contributed by atoms with E-state index in [1.54, 1.807) is 44.3 Å². The number of aliphatic hydroxyl groups is 3. The number of ether oxygens (including phenoxy) is 5. The molecule has 0 aromatic heterocycles. The topological polar surface area (TPSA) is 295 Å². The van der Waals surface area contributed by atoms with Crippen LogP contribution in [0.1, 0.15) is 103 Å². The van der Waals surface area contributed by atoms with Gasteiger partial charge in [0.1, 0.15) is 47.3 Å². The van der Waals surface area contributed by atoms with Gasteiger partial charge in [-0.05, 0) is 121 Å². The molecule has 0 saturated carbocycles. The van der Waals surface area contributed by atoms with Crippen LogP contribution in [0.2, 0.25) is 10.0 Å². The first-order chi connectivity index (χ1) is 39.1. The number of thiocarbonyl (C=S) groups is 1. The molecule has 10 rings (SSSR count). The molecule has 0 radical (unpaired) electrons. The molecule has 5 aromatic rings. The van der Waals surface area contributed by atoms with Crippen LogP contribution >= 0.6 is 35.4 Å². The van der Waals surface area contributed by atoms with E-state index in [0.29, 0.717) is 45.7 Å². The van der Waals surface area contributed by atoms with Gasteiger partial charge in [-0.15, -0.1) is 0 Å². The Morgan fingerprint density at radius 3 is 1.94 bits per heavy atom. The Morgan fingerprint density at radius 1 is 0.756 bits per heavy atom. The van der Waals surface area contributed by atoms with Crippen LogP contribution in [0.15, 0.2) is 78.9 Å². The number of aryl methyl sites for hydroxylation is 1. The highest BCUT2D eigenvalue weighted by Gasteiger charge is 2.40. The Hall–Kier alpha value is -7.37. The first kappa shape index (κ1) is 60.7. The molecule has 0 aliphatic carbocycles. The number of nitrogens with one attached hydrogen (secondary N) is 5. The second kappa shape index (κ2) is 25.8. The molecule has 434 valence electrons. The summed E-state index contributed by atoms with van der Waals surface area (Å²) in [5.74, 6) is -7.56. The average Bonchev–Trinajstić information content (AvgIpc) is 3.64. The number of aliphatic hydroxyl groups excluding tert-OH is 3. The zero-order valence-electron chi connectivity index (χ0n) is 45.9. The number of likely N-dealkylation sites (N-methyl/N-ethyl adjacent to an activating group) is 1. The predicted molar refractivity (Wildman–Crippen MR) is 308 cm³/mol. The lowest BCUT2D eigenvalue weighted by Crippen LogP contribution is -2.53. The van der Waals surface area contributed by atoms with Crippen molar-refractivity contribution >= 4 is 75.6 Å². The van der Waals surface area contributed by atoms with E-state index >= 15 is 9.59 Å². The smallest absolute Gasteiger partial charge is 0.246 e. The summed E-state index contributed by atoms with van der Waals surface area (Å²) < 4.78 is 30.8. The average molecular weight is 1180 g/mol. The Labute approximate surface area is 488 Å². The number of hydrogen-bond donors (Lipinski definition) is 9. The number of methoxy groups -OCH3 is 3. The van der Waals surface area contributed by atoms with Crippen LogP contribution < -0.4 is 56.0 Å². The maximum Gasteiger partial charge on any atom is 0.246 e. The number of fused-ring (bicyclic) bond motifs is 15. The van der Waals surface area contributed by atoms with Crippen molar-refractivity contribution in [3.8, 4) is 51.4 Å². The Balaban J connectivity index is 1.38. The molecule has 5 aliphatic rings. The number of amides is 5. The van der Waals surface area contributed by atoms with Crippen molar-refractivity contribution in [2.24, 2.45) is 17.6 Å². The van der Waals surface area contributed by atoms with E-state index in [-0.39, 0.29) is 66.3 Å². The number of benzene rings is 5. The van der Waals surface area contributed by atoms with E-state index < -0.39 is 115 Å². The summed E-state index contributed by atoms with van der Waals surface area (Å²) in [4.78, 5) is 86.9. The second-order valence-corrected chi connectivity index (χ2v) is 22.1. The molecular formula is C59H64Cl2N6O14S. The van der Waals surface area contributed by atoms with E-state index in [4.69, 9.17) is 64.8 Å². The van der Waals surface area contributed by atoms with Gasteiger partial charge >= 0.3 is 0 Å². The number of carbonyl (C=O) groups is 6. The lowest BCUT2D eigenvalue weighted by Gasteiger charge is -2.32. The first-order valence-electron chi connectivity index (χ1n) is 26.3. The molecule has 0 spiro atoms. The van der Waals surface area contributed by atoms with Crippen LogP contribution in [0.25, 0.3) is 11.1 Å². The van der Waals surface area contributed by atoms with Crippen molar-refractivity contribution in [1.29, 1.82) is 0 Å². The normalized spacial score (nSPS) is 22.3. The fourth-order valence-corrected chi connectivity index (χ4v) is 11.4. The van der Waals surface area contributed by atoms with Gasteiger partial charge in [0.05, 0.1) is 67.9 Å². The lowest BCUT2D eigenvalue weighted by molar-refractivity contribution is -0.136. The summed E-state index contributed by atoms with van der Waals surface area (Å²) in [6.07, 6.45) is -5.06. The van der Waals surface area contributed by atoms with E-state index in [1.807, 2.05) is 13.8 Å². The van der Waals surface area contributed by atoms with Crippen molar-refractivity contribution in [3.63, 3.8) is 0 Å². The molecule has 10 N–H and O–H groups in total. The highest BCUT2D eigenvalue weighted by molar-refractivity contribution is 7.80. The summed E-state index contributed by atoms with van der Waals surface area (Å²) in [5, 5.41) is 49.3. The van der Waals surface area contributed by atoms with Crippen molar-refractivity contribution in [1.82, 2.24) is 26.6 Å². The van der Waals surface area contributed by atoms with Gasteiger partial charge < -0.3 is 71.3 Å². The van der Waals surface area contributed by atoms with Gasteiger partial charge in [0, 0.05) is 28.8 Å². The Bertz CT molecular complexity index is 3340. The van der Waals surface area contributed by atoms with Gasteiger partial charge in [-0.25, -0.2) is 0 Å². The number of nitrogens with two attached hydrogens (primary N) is 1. The predicted octanol–water partition coefficient (Wildman–Crippen LogP) is 6.59. The molecule has 0 unspecified atom stereocenters. The summed E-state index contributed by atoms with van der Waals surface area (Å²) in [6.45, 7) is 4.99. The molecule has 0 saturated heterocycles. The minimum atomic E-state index is -1.80. The van der Waals surface area contributed by atoms with Crippen molar-refractivity contribution < 1.29 is 67.8 Å². The van der Waals surface area contributed by atoms with E-state index in [0.717, 1.165) is 0 Å². The zero-order valence-corrected chi connectivity index (χ0v) is 48.2. The fourth-order valence-electron chi connectivity index (χ4n) is 10.6. The van der Waals surface area contributed by atoms with E-state index in [2.05, 4.69) is 26.6 Å². The van der Waals surface area contributed by atoms with Gasteiger partial charge in [0.2, 0.25) is 35.3 Å². The second-order valence-electron chi connectivity index (χ2n) is 20.8. The highest BCUT2D eigenvalue weighted by atomic mass is 35.5. The summed E-state index contributed by atoms with van der Waals surface area (Å²) in [5.41, 5.74) is 8.27. The number of ketones is 1. The van der Waals surface area contributed by atoms with Crippen LogP contribution in [-0.4, -0.2) is 109 Å². The number of carbonyl (C=O) groups excluding carboxylic acids is 6. The third-order valence-corrected chi connectivity index (χ3v) is 15.7. The van der Waals surface area contributed by atoms with Gasteiger partial charge in [0.25, 0.3) is 0 Å². The molecule has 5 aromatic carbocycles. The number of primary amides is 1.